The average Bonchev–Trinajstić information content (AvgIpc) is 2.66. The smallest absolute Gasteiger partial charge is 0.191 e. The highest BCUT2D eigenvalue weighted by atomic mass is 127. The quantitative estimate of drug-likeness (QED) is 0.334. The summed E-state index contributed by atoms with van der Waals surface area (Å²) in [5.41, 5.74) is 0.822. The third-order valence-electron chi connectivity index (χ3n) is 4.60. The van der Waals surface area contributed by atoms with E-state index in [0.29, 0.717) is 24.9 Å². The number of halogens is 2. The van der Waals surface area contributed by atoms with Gasteiger partial charge in [0.1, 0.15) is 0 Å². The summed E-state index contributed by atoms with van der Waals surface area (Å²) in [5, 5.41) is 6.91. The maximum Gasteiger partial charge on any atom is 0.191 e. The second-order valence-electron chi connectivity index (χ2n) is 6.42. The molecule has 5 nitrogen and oxygen atoms in total. The van der Waals surface area contributed by atoms with Crippen LogP contribution in [-0.2, 0) is 17.3 Å². The van der Waals surface area contributed by atoms with Gasteiger partial charge in [0.15, 0.2) is 17.5 Å². The Balaban J connectivity index is 0.00000364. The fourth-order valence-corrected chi connectivity index (χ4v) is 4.60. The lowest BCUT2D eigenvalue weighted by Gasteiger charge is -2.30. The maximum absolute atomic E-state index is 13.9. The molecule has 0 heterocycles. The lowest BCUT2D eigenvalue weighted by atomic mass is 9.95. The number of ether oxygens (including phenoxy) is 1. The average molecular weight is 511 g/mol. The molecule has 8 heteroatoms. The fraction of sp³-hybridized carbons (Fsp3) is 0.632. The molecule has 0 aromatic heterocycles. The highest BCUT2D eigenvalue weighted by Gasteiger charge is 2.26. The fourth-order valence-electron chi connectivity index (χ4n) is 3.25. The van der Waals surface area contributed by atoms with Crippen molar-refractivity contribution in [2.75, 3.05) is 19.4 Å². The topological polar surface area (TPSA) is 62.7 Å². The molecule has 0 bridgehead atoms. The molecule has 154 valence electrons. The van der Waals surface area contributed by atoms with Crippen LogP contribution in [0.15, 0.2) is 23.2 Å². The third kappa shape index (κ3) is 7.56. The first kappa shape index (κ1) is 24.1. The minimum Gasteiger partial charge on any atom is -0.491 e. The van der Waals surface area contributed by atoms with E-state index in [9.17, 15) is 8.60 Å². The Hall–Kier alpha value is -0.900. The van der Waals surface area contributed by atoms with Gasteiger partial charge >= 0.3 is 0 Å². The summed E-state index contributed by atoms with van der Waals surface area (Å²) in [6, 6.07) is 5.24. The first-order valence-electron chi connectivity index (χ1n) is 9.32. The number of rotatable bonds is 7. The van der Waals surface area contributed by atoms with Crippen LogP contribution in [0.4, 0.5) is 4.39 Å². The first-order valence-corrected chi connectivity index (χ1v) is 10.7. The minimum atomic E-state index is -0.745. The molecular formula is C19H31FIN3O2S. The van der Waals surface area contributed by atoms with Crippen molar-refractivity contribution >= 4 is 40.7 Å². The molecular weight excluding hydrogens is 480 g/mol. The van der Waals surface area contributed by atoms with Gasteiger partial charge in [-0.2, -0.15) is 0 Å². The van der Waals surface area contributed by atoms with Crippen molar-refractivity contribution in [3.63, 3.8) is 0 Å². The van der Waals surface area contributed by atoms with Crippen LogP contribution in [0, 0.1) is 5.82 Å². The third-order valence-corrected chi connectivity index (χ3v) is 6.34. The largest absolute Gasteiger partial charge is 0.491 e. The molecule has 0 aliphatic heterocycles. The molecule has 3 unspecified atom stereocenters. The van der Waals surface area contributed by atoms with Crippen LogP contribution in [0.1, 0.15) is 45.1 Å². The molecule has 1 fully saturated rings. The summed E-state index contributed by atoms with van der Waals surface area (Å²) in [6.07, 6.45) is 4.07. The molecule has 1 aromatic rings. The number of nitrogens with one attached hydrogen (secondary N) is 2. The standard InChI is InChI=1S/C19H30FN3O2S.HI/c1-4-25-18-10-9-14(11-17(18)20)13-22-19(21-3)23-15-7-6-8-16(12-15)26(24)5-2;/h9-11,15-16H,4-8,12-13H2,1-3H3,(H2,21,22,23);1H. The highest BCUT2D eigenvalue weighted by Crippen LogP contribution is 2.23. The summed E-state index contributed by atoms with van der Waals surface area (Å²) >= 11 is 0. The van der Waals surface area contributed by atoms with Crippen molar-refractivity contribution in [2.45, 2.75) is 57.4 Å². The predicted octanol–water partition coefficient (Wildman–Crippen LogP) is 3.59. The summed E-state index contributed by atoms with van der Waals surface area (Å²) in [7, 11) is 0.976. The Morgan fingerprint density at radius 3 is 2.78 bits per heavy atom. The van der Waals surface area contributed by atoms with Gasteiger partial charge in [0.2, 0.25) is 0 Å². The molecule has 1 aliphatic rings. The SMILES string of the molecule is CCOc1ccc(CNC(=NC)NC2CCCC(S(=O)CC)C2)cc1F.I. The van der Waals surface area contributed by atoms with E-state index in [1.54, 1.807) is 13.1 Å². The van der Waals surface area contributed by atoms with Crippen molar-refractivity contribution in [2.24, 2.45) is 4.99 Å². The number of benzene rings is 1. The summed E-state index contributed by atoms with van der Waals surface area (Å²) in [6.45, 7) is 4.72. The zero-order chi connectivity index (χ0) is 18.9. The van der Waals surface area contributed by atoms with E-state index < -0.39 is 10.8 Å². The van der Waals surface area contributed by atoms with E-state index in [-0.39, 0.29) is 46.8 Å². The molecule has 27 heavy (non-hydrogen) atoms. The predicted molar refractivity (Wildman–Crippen MR) is 121 cm³/mol. The van der Waals surface area contributed by atoms with E-state index in [0.717, 1.165) is 31.2 Å². The first-order chi connectivity index (χ1) is 12.6. The van der Waals surface area contributed by atoms with Gasteiger partial charge in [0, 0.05) is 41.4 Å². The molecule has 0 radical (unpaired) electrons. The van der Waals surface area contributed by atoms with Gasteiger partial charge in [0.25, 0.3) is 0 Å². The lowest BCUT2D eigenvalue weighted by Crippen LogP contribution is -2.46. The molecule has 2 N–H and O–H groups in total. The molecule has 0 saturated heterocycles. The van der Waals surface area contributed by atoms with Gasteiger partial charge in [-0.3, -0.25) is 9.20 Å². The van der Waals surface area contributed by atoms with Crippen molar-refractivity contribution in [1.82, 2.24) is 10.6 Å². The second kappa shape index (κ2) is 12.5. The van der Waals surface area contributed by atoms with Crippen LogP contribution >= 0.6 is 24.0 Å². The van der Waals surface area contributed by atoms with Crippen molar-refractivity contribution in [1.29, 1.82) is 0 Å². The molecule has 1 saturated carbocycles. The van der Waals surface area contributed by atoms with E-state index in [1.165, 1.54) is 6.07 Å². The van der Waals surface area contributed by atoms with Crippen LogP contribution in [0.25, 0.3) is 0 Å². The van der Waals surface area contributed by atoms with Gasteiger partial charge in [-0.15, -0.1) is 24.0 Å². The highest BCUT2D eigenvalue weighted by molar-refractivity contribution is 14.0. The van der Waals surface area contributed by atoms with E-state index in [1.807, 2.05) is 19.9 Å². The van der Waals surface area contributed by atoms with Crippen molar-refractivity contribution in [3.05, 3.63) is 29.6 Å². The summed E-state index contributed by atoms with van der Waals surface area (Å²) in [4.78, 5) is 4.26. The Morgan fingerprint density at radius 1 is 1.37 bits per heavy atom. The number of guanidine groups is 1. The van der Waals surface area contributed by atoms with Gasteiger partial charge in [-0.25, -0.2) is 4.39 Å². The number of aliphatic imine (C=N–C) groups is 1. The lowest BCUT2D eigenvalue weighted by molar-refractivity contribution is 0.321. The van der Waals surface area contributed by atoms with Gasteiger partial charge in [-0.05, 0) is 43.9 Å². The van der Waals surface area contributed by atoms with Gasteiger partial charge in [0.05, 0.1) is 6.61 Å². The van der Waals surface area contributed by atoms with Crippen LogP contribution < -0.4 is 15.4 Å². The zero-order valence-electron chi connectivity index (χ0n) is 16.3. The van der Waals surface area contributed by atoms with Gasteiger partial charge in [-0.1, -0.05) is 19.4 Å². The van der Waals surface area contributed by atoms with Crippen LogP contribution in [0.5, 0.6) is 5.75 Å². The normalized spacial score (nSPS) is 21.1. The number of hydrogen-bond acceptors (Lipinski definition) is 3. The zero-order valence-corrected chi connectivity index (χ0v) is 19.4. The van der Waals surface area contributed by atoms with Crippen LogP contribution in [0.3, 0.4) is 0 Å². The van der Waals surface area contributed by atoms with Crippen molar-refractivity contribution < 1.29 is 13.3 Å². The molecule has 3 atom stereocenters. The van der Waals surface area contributed by atoms with E-state index in [4.69, 9.17) is 4.74 Å². The maximum atomic E-state index is 13.9. The molecule has 0 amide bonds. The second-order valence-corrected chi connectivity index (χ2v) is 8.43. The Labute approximate surface area is 181 Å². The Bertz CT molecular complexity index is 645. The molecule has 0 spiro atoms. The van der Waals surface area contributed by atoms with Crippen molar-refractivity contribution in [3.8, 4) is 5.75 Å². The monoisotopic (exact) mass is 511 g/mol. The van der Waals surface area contributed by atoms with Crippen LogP contribution in [0.2, 0.25) is 0 Å². The Morgan fingerprint density at radius 2 is 2.15 bits per heavy atom. The summed E-state index contributed by atoms with van der Waals surface area (Å²) in [5.74, 6) is 1.32. The molecule has 1 aliphatic carbocycles. The minimum absolute atomic E-state index is 0. The molecule has 2 rings (SSSR count). The Kier molecular flexibility index (Phi) is 11.2. The van der Waals surface area contributed by atoms with E-state index >= 15 is 0 Å². The number of nitrogens with zero attached hydrogens (tertiary/aromatic N) is 1. The molecule has 1 aromatic carbocycles. The summed E-state index contributed by atoms with van der Waals surface area (Å²) < 4.78 is 31.2. The van der Waals surface area contributed by atoms with Gasteiger partial charge < -0.3 is 15.4 Å². The van der Waals surface area contributed by atoms with Crippen LogP contribution in [-0.4, -0.2) is 40.9 Å². The van der Waals surface area contributed by atoms with E-state index in [2.05, 4.69) is 15.6 Å². The number of hydrogen-bond donors (Lipinski definition) is 2.